The number of benzene rings is 1. The van der Waals surface area contributed by atoms with Gasteiger partial charge in [-0.15, -0.1) is 0 Å². The molecule has 0 aliphatic heterocycles. The van der Waals surface area contributed by atoms with Gasteiger partial charge in [0.1, 0.15) is 5.75 Å². The fourth-order valence-electron chi connectivity index (χ4n) is 3.11. The predicted molar refractivity (Wildman–Crippen MR) is 121 cm³/mol. The number of hydrogen-bond donors (Lipinski definition) is 0. The molecule has 184 valence electrons. The van der Waals surface area contributed by atoms with Crippen LogP contribution in [0.2, 0.25) is 12.1 Å². The third-order valence-corrected chi connectivity index (χ3v) is 10.7. The summed E-state index contributed by atoms with van der Waals surface area (Å²) in [6, 6.07) is 5.80. The molecule has 0 heterocycles. The van der Waals surface area contributed by atoms with Crippen LogP contribution in [0.5, 0.6) is 5.75 Å². The summed E-state index contributed by atoms with van der Waals surface area (Å²) < 4.78 is 43.7. The van der Waals surface area contributed by atoms with E-state index in [1.165, 1.54) is 6.07 Å². The Morgan fingerprint density at radius 3 is 1.78 bits per heavy atom. The van der Waals surface area contributed by atoms with Crippen molar-refractivity contribution in [2.75, 3.05) is 55.9 Å². The van der Waals surface area contributed by atoms with Crippen LogP contribution in [-0.2, 0) is 37.9 Å². The molecule has 0 aliphatic carbocycles. The Morgan fingerprint density at radius 1 is 0.812 bits per heavy atom. The van der Waals surface area contributed by atoms with Crippen molar-refractivity contribution in [1.82, 2.24) is 0 Å². The van der Waals surface area contributed by atoms with Crippen LogP contribution in [-0.4, -0.2) is 78.4 Å². The van der Waals surface area contributed by atoms with E-state index in [0.717, 1.165) is 0 Å². The Bertz CT molecular complexity index is 670. The van der Waals surface area contributed by atoms with E-state index in [-0.39, 0.29) is 12.3 Å². The fourth-order valence-corrected chi connectivity index (χ4v) is 6.49. The standard InChI is InChI=1S/C19H35NO10Si2/c1-23-31(24-2,25-3)13-7-11-29-16-17-15-18(9-10-19(17)20(21)22)30-12-8-14-32(26-4,27-5)28-6/h9-10,15H,7-8,11-14,16H2,1-6H3. The third kappa shape index (κ3) is 8.49. The molecule has 32 heavy (non-hydrogen) atoms. The molecule has 13 heteroatoms. The van der Waals surface area contributed by atoms with Crippen LogP contribution < -0.4 is 4.74 Å². The third-order valence-electron chi connectivity index (χ3n) is 5.04. The maximum Gasteiger partial charge on any atom is 0.500 e. The zero-order chi connectivity index (χ0) is 24.0. The Morgan fingerprint density at radius 2 is 1.31 bits per heavy atom. The van der Waals surface area contributed by atoms with Crippen molar-refractivity contribution >= 4 is 23.3 Å². The zero-order valence-electron chi connectivity index (χ0n) is 19.7. The van der Waals surface area contributed by atoms with Crippen molar-refractivity contribution in [2.24, 2.45) is 0 Å². The smallest absolute Gasteiger partial charge is 0.494 e. The quantitative estimate of drug-likeness (QED) is 0.131. The van der Waals surface area contributed by atoms with Gasteiger partial charge in [0.15, 0.2) is 0 Å². The fraction of sp³-hybridized carbons (Fsp3) is 0.684. The van der Waals surface area contributed by atoms with Gasteiger partial charge in [0.25, 0.3) is 5.69 Å². The van der Waals surface area contributed by atoms with Gasteiger partial charge in [0.2, 0.25) is 0 Å². The number of hydrogen-bond acceptors (Lipinski definition) is 10. The molecule has 0 aromatic heterocycles. The van der Waals surface area contributed by atoms with E-state index in [1.54, 1.807) is 54.8 Å². The second-order valence-corrected chi connectivity index (χ2v) is 12.9. The van der Waals surface area contributed by atoms with Crippen LogP contribution in [0.15, 0.2) is 18.2 Å². The number of nitro groups is 1. The maximum absolute atomic E-state index is 11.4. The van der Waals surface area contributed by atoms with Gasteiger partial charge in [-0.1, -0.05) is 0 Å². The van der Waals surface area contributed by atoms with Crippen LogP contribution >= 0.6 is 0 Å². The summed E-state index contributed by atoms with van der Waals surface area (Å²) >= 11 is 0. The number of nitro benzene ring substituents is 1. The van der Waals surface area contributed by atoms with E-state index in [4.69, 9.17) is 36.0 Å². The summed E-state index contributed by atoms with van der Waals surface area (Å²) in [6.45, 7) is 0.855. The molecule has 0 spiro atoms. The minimum atomic E-state index is -2.66. The van der Waals surface area contributed by atoms with Crippen molar-refractivity contribution in [3.05, 3.63) is 33.9 Å². The van der Waals surface area contributed by atoms with E-state index >= 15 is 0 Å². The minimum absolute atomic E-state index is 0.0173. The summed E-state index contributed by atoms with van der Waals surface area (Å²) in [5.41, 5.74) is 0.423. The van der Waals surface area contributed by atoms with Gasteiger partial charge in [-0.2, -0.15) is 0 Å². The lowest BCUT2D eigenvalue weighted by Gasteiger charge is -2.24. The van der Waals surface area contributed by atoms with Crippen molar-refractivity contribution in [3.63, 3.8) is 0 Å². The van der Waals surface area contributed by atoms with Crippen molar-refractivity contribution < 1.29 is 41.0 Å². The Hall–Kier alpha value is -1.43. The molecule has 11 nitrogen and oxygen atoms in total. The van der Waals surface area contributed by atoms with E-state index < -0.39 is 22.5 Å². The van der Waals surface area contributed by atoms with Gasteiger partial charge in [0, 0.05) is 67.4 Å². The summed E-state index contributed by atoms with van der Waals surface area (Å²) in [6.07, 6.45) is 1.28. The summed E-state index contributed by atoms with van der Waals surface area (Å²) in [5.74, 6) is 0.526. The highest BCUT2D eigenvalue weighted by Gasteiger charge is 2.37. The van der Waals surface area contributed by atoms with Crippen LogP contribution in [0.4, 0.5) is 5.69 Å². The Kier molecular flexibility index (Phi) is 13.1. The molecule has 0 radical (unpaired) electrons. The Labute approximate surface area is 191 Å². The van der Waals surface area contributed by atoms with Gasteiger partial charge in [-0.05, 0) is 25.0 Å². The molecular formula is C19H35NO10Si2. The predicted octanol–water partition coefficient (Wildman–Crippen LogP) is 3.03. The molecule has 0 saturated heterocycles. The first-order chi connectivity index (χ1) is 15.3. The highest BCUT2D eigenvalue weighted by atomic mass is 28.4. The number of nitrogens with zero attached hydrogens (tertiary/aromatic N) is 1. The monoisotopic (exact) mass is 493 g/mol. The van der Waals surface area contributed by atoms with Crippen LogP contribution in [0.1, 0.15) is 18.4 Å². The second-order valence-electron chi connectivity index (χ2n) is 6.75. The topological polar surface area (TPSA) is 117 Å². The average Bonchev–Trinajstić information content (AvgIpc) is 2.82. The summed E-state index contributed by atoms with van der Waals surface area (Å²) in [5, 5.41) is 11.4. The van der Waals surface area contributed by atoms with Gasteiger partial charge < -0.3 is 36.0 Å². The first kappa shape index (κ1) is 28.6. The van der Waals surface area contributed by atoms with E-state index in [2.05, 4.69) is 0 Å². The first-order valence-corrected chi connectivity index (χ1v) is 14.0. The number of ether oxygens (including phenoxy) is 2. The summed E-state index contributed by atoms with van der Waals surface area (Å²) in [4.78, 5) is 10.9. The van der Waals surface area contributed by atoms with Crippen molar-refractivity contribution in [1.29, 1.82) is 0 Å². The molecule has 0 N–H and O–H groups in total. The highest BCUT2D eigenvalue weighted by molar-refractivity contribution is 6.60. The van der Waals surface area contributed by atoms with Crippen LogP contribution in [0.25, 0.3) is 0 Å². The molecule has 0 saturated carbocycles. The molecule has 0 fully saturated rings. The second kappa shape index (κ2) is 14.7. The minimum Gasteiger partial charge on any atom is -0.494 e. The summed E-state index contributed by atoms with van der Waals surface area (Å²) in [7, 11) is 4.03. The first-order valence-electron chi connectivity index (χ1n) is 10.1. The molecule has 0 unspecified atom stereocenters. The molecular weight excluding hydrogens is 458 g/mol. The van der Waals surface area contributed by atoms with Gasteiger partial charge in [0.05, 0.1) is 23.7 Å². The lowest BCUT2D eigenvalue weighted by atomic mass is 10.2. The van der Waals surface area contributed by atoms with Gasteiger partial charge >= 0.3 is 17.6 Å². The molecule has 1 aromatic carbocycles. The lowest BCUT2D eigenvalue weighted by Crippen LogP contribution is -2.42. The van der Waals surface area contributed by atoms with E-state index in [0.29, 0.717) is 49.5 Å². The average molecular weight is 494 g/mol. The van der Waals surface area contributed by atoms with E-state index in [1.807, 2.05) is 0 Å². The maximum atomic E-state index is 11.4. The van der Waals surface area contributed by atoms with Gasteiger partial charge in [-0.3, -0.25) is 10.1 Å². The normalized spacial score (nSPS) is 12.2. The molecule has 0 aliphatic rings. The molecule has 0 amide bonds. The van der Waals surface area contributed by atoms with Crippen molar-refractivity contribution in [2.45, 2.75) is 31.5 Å². The zero-order valence-corrected chi connectivity index (χ0v) is 21.7. The van der Waals surface area contributed by atoms with Crippen molar-refractivity contribution in [3.8, 4) is 5.75 Å². The van der Waals surface area contributed by atoms with Crippen LogP contribution in [0, 0.1) is 10.1 Å². The van der Waals surface area contributed by atoms with Gasteiger partial charge in [-0.25, -0.2) is 0 Å². The molecule has 1 rings (SSSR count). The van der Waals surface area contributed by atoms with E-state index in [9.17, 15) is 10.1 Å². The van der Waals surface area contributed by atoms with Crippen LogP contribution in [0.3, 0.4) is 0 Å². The highest BCUT2D eigenvalue weighted by Crippen LogP contribution is 2.26. The Balaban J connectivity index is 2.62. The lowest BCUT2D eigenvalue weighted by molar-refractivity contribution is -0.386. The molecule has 1 aromatic rings. The molecule has 0 atom stereocenters. The largest absolute Gasteiger partial charge is 0.500 e. The number of rotatable bonds is 18. The SMILES string of the molecule is CO[Si](CCCOCc1cc(OCCC[Si](OC)(OC)OC)ccc1[N+](=O)[O-])(OC)OC. The molecule has 0 bridgehead atoms.